The molecule has 0 unspecified atom stereocenters. The van der Waals surface area contributed by atoms with Crippen LogP contribution in [0.4, 0.5) is 5.69 Å². The molecule has 0 radical (unpaired) electrons. The standard InChI is InChI=1S/C14H14N2O2/c1-2-3-4-7-12-10-9-11-6-5-8-13(16(17)18)14(11)15-12/h4-10H,2-3H2,1H3/b7-4+. The van der Waals surface area contributed by atoms with Crippen LogP contribution in [0.15, 0.2) is 36.4 Å². The lowest BCUT2D eigenvalue weighted by Crippen LogP contribution is -1.92. The largest absolute Gasteiger partial charge is 0.295 e. The van der Waals surface area contributed by atoms with Gasteiger partial charge in [-0.3, -0.25) is 10.1 Å². The van der Waals surface area contributed by atoms with Gasteiger partial charge in [0.1, 0.15) is 5.52 Å². The van der Waals surface area contributed by atoms with Crippen LogP contribution in [-0.4, -0.2) is 9.91 Å². The van der Waals surface area contributed by atoms with Crippen LogP contribution in [0.3, 0.4) is 0 Å². The fourth-order valence-electron chi connectivity index (χ4n) is 1.76. The summed E-state index contributed by atoms with van der Waals surface area (Å²) in [6.07, 6.45) is 5.99. The van der Waals surface area contributed by atoms with Crippen molar-refractivity contribution in [3.63, 3.8) is 0 Å². The van der Waals surface area contributed by atoms with E-state index in [0.717, 1.165) is 23.9 Å². The molecule has 1 aromatic carbocycles. The van der Waals surface area contributed by atoms with Crippen molar-refractivity contribution in [3.05, 3.63) is 52.2 Å². The molecule has 0 N–H and O–H groups in total. The Morgan fingerprint density at radius 3 is 2.89 bits per heavy atom. The highest BCUT2D eigenvalue weighted by molar-refractivity contribution is 5.87. The molecule has 4 heteroatoms. The molecular weight excluding hydrogens is 228 g/mol. The maximum atomic E-state index is 10.9. The summed E-state index contributed by atoms with van der Waals surface area (Å²) in [4.78, 5) is 14.9. The first kappa shape index (κ1) is 12.2. The number of fused-ring (bicyclic) bond motifs is 1. The molecule has 0 saturated heterocycles. The second-order valence-electron chi connectivity index (χ2n) is 4.03. The predicted molar refractivity (Wildman–Crippen MR) is 72.3 cm³/mol. The van der Waals surface area contributed by atoms with Gasteiger partial charge in [-0.25, -0.2) is 4.98 Å². The van der Waals surface area contributed by atoms with E-state index in [-0.39, 0.29) is 5.69 Å². The summed E-state index contributed by atoms with van der Waals surface area (Å²) in [5, 5.41) is 11.7. The van der Waals surface area contributed by atoms with Crippen LogP contribution in [0.2, 0.25) is 0 Å². The average Bonchev–Trinajstić information content (AvgIpc) is 2.38. The number of nitro benzene ring substituents is 1. The van der Waals surface area contributed by atoms with E-state index in [1.807, 2.05) is 30.4 Å². The second-order valence-corrected chi connectivity index (χ2v) is 4.03. The van der Waals surface area contributed by atoms with E-state index in [1.54, 1.807) is 6.07 Å². The highest BCUT2D eigenvalue weighted by atomic mass is 16.6. The lowest BCUT2D eigenvalue weighted by atomic mass is 10.1. The Labute approximate surface area is 105 Å². The molecule has 2 aromatic rings. The molecule has 2 rings (SSSR count). The van der Waals surface area contributed by atoms with Gasteiger partial charge in [0.05, 0.1) is 10.6 Å². The molecule has 0 aliphatic heterocycles. The van der Waals surface area contributed by atoms with E-state index in [4.69, 9.17) is 0 Å². The first-order valence-corrected chi connectivity index (χ1v) is 5.93. The molecule has 0 spiro atoms. The number of benzene rings is 1. The highest BCUT2D eigenvalue weighted by Gasteiger charge is 2.12. The summed E-state index contributed by atoms with van der Waals surface area (Å²) in [5.41, 5.74) is 1.25. The first-order valence-electron chi connectivity index (χ1n) is 5.93. The Balaban J connectivity index is 2.48. The summed E-state index contributed by atoms with van der Waals surface area (Å²) in [6.45, 7) is 2.10. The number of pyridine rings is 1. The molecule has 4 nitrogen and oxygen atoms in total. The van der Waals surface area contributed by atoms with Crippen molar-refractivity contribution < 1.29 is 4.92 Å². The smallest absolute Gasteiger partial charge is 0.258 e. The Morgan fingerprint density at radius 2 is 2.17 bits per heavy atom. The van der Waals surface area contributed by atoms with Gasteiger partial charge in [-0.15, -0.1) is 0 Å². The third-order valence-electron chi connectivity index (χ3n) is 2.66. The van der Waals surface area contributed by atoms with Gasteiger partial charge < -0.3 is 0 Å². The van der Waals surface area contributed by atoms with E-state index in [0.29, 0.717) is 5.52 Å². The number of rotatable bonds is 4. The van der Waals surface area contributed by atoms with Crippen LogP contribution >= 0.6 is 0 Å². The van der Waals surface area contributed by atoms with Crippen LogP contribution < -0.4 is 0 Å². The Kier molecular flexibility index (Phi) is 3.67. The van der Waals surface area contributed by atoms with E-state index >= 15 is 0 Å². The Hall–Kier alpha value is -2.23. The molecule has 18 heavy (non-hydrogen) atoms. The molecule has 1 aromatic heterocycles. The SMILES string of the molecule is CCC/C=C/c1ccc2cccc([N+](=O)[O-])c2n1. The van der Waals surface area contributed by atoms with Crippen molar-refractivity contribution in [2.75, 3.05) is 0 Å². The predicted octanol–water partition coefficient (Wildman–Crippen LogP) is 3.96. The third kappa shape index (κ3) is 2.53. The van der Waals surface area contributed by atoms with Gasteiger partial charge in [-0.2, -0.15) is 0 Å². The minimum Gasteiger partial charge on any atom is -0.258 e. The number of hydrogen-bond donors (Lipinski definition) is 0. The third-order valence-corrected chi connectivity index (χ3v) is 2.66. The van der Waals surface area contributed by atoms with Gasteiger partial charge in [0.15, 0.2) is 0 Å². The maximum absolute atomic E-state index is 10.9. The molecule has 1 heterocycles. The monoisotopic (exact) mass is 242 g/mol. The number of para-hydroxylation sites is 1. The zero-order valence-electron chi connectivity index (χ0n) is 10.2. The number of allylic oxidation sites excluding steroid dienone is 1. The quantitative estimate of drug-likeness (QED) is 0.602. The molecule has 92 valence electrons. The van der Waals surface area contributed by atoms with Crippen LogP contribution in [0.1, 0.15) is 25.5 Å². The average molecular weight is 242 g/mol. The summed E-state index contributed by atoms with van der Waals surface area (Å²) in [6, 6.07) is 8.72. The zero-order chi connectivity index (χ0) is 13.0. The van der Waals surface area contributed by atoms with Crippen molar-refractivity contribution >= 4 is 22.7 Å². The Morgan fingerprint density at radius 1 is 1.33 bits per heavy atom. The van der Waals surface area contributed by atoms with Crippen molar-refractivity contribution in [1.82, 2.24) is 4.98 Å². The molecule has 0 bridgehead atoms. The minimum atomic E-state index is -0.394. The zero-order valence-corrected chi connectivity index (χ0v) is 10.2. The fraction of sp³-hybridized carbons (Fsp3) is 0.214. The van der Waals surface area contributed by atoms with Gasteiger partial charge in [0, 0.05) is 11.5 Å². The second kappa shape index (κ2) is 5.40. The topological polar surface area (TPSA) is 56.0 Å². The van der Waals surface area contributed by atoms with E-state index < -0.39 is 4.92 Å². The fourth-order valence-corrected chi connectivity index (χ4v) is 1.76. The van der Waals surface area contributed by atoms with Crippen LogP contribution in [0.25, 0.3) is 17.0 Å². The number of aromatic nitrogens is 1. The molecular formula is C14H14N2O2. The van der Waals surface area contributed by atoms with E-state index in [9.17, 15) is 10.1 Å². The van der Waals surface area contributed by atoms with Crippen molar-refractivity contribution in [2.45, 2.75) is 19.8 Å². The van der Waals surface area contributed by atoms with Gasteiger partial charge in [-0.1, -0.05) is 37.6 Å². The maximum Gasteiger partial charge on any atom is 0.295 e. The molecule has 0 saturated carbocycles. The van der Waals surface area contributed by atoms with Crippen LogP contribution in [0, 0.1) is 10.1 Å². The number of unbranched alkanes of at least 4 members (excludes halogenated alkanes) is 1. The number of non-ortho nitro benzene ring substituents is 1. The number of hydrogen-bond acceptors (Lipinski definition) is 3. The highest BCUT2D eigenvalue weighted by Crippen LogP contribution is 2.23. The first-order chi connectivity index (χ1) is 8.72. The van der Waals surface area contributed by atoms with Gasteiger partial charge in [0.25, 0.3) is 5.69 Å². The molecule has 0 aliphatic rings. The molecule has 0 aliphatic carbocycles. The van der Waals surface area contributed by atoms with Crippen LogP contribution in [-0.2, 0) is 0 Å². The Bertz CT molecular complexity index is 606. The van der Waals surface area contributed by atoms with Gasteiger partial charge in [0.2, 0.25) is 0 Å². The van der Waals surface area contributed by atoms with Crippen molar-refractivity contribution in [3.8, 4) is 0 Å². The van der Waals surface area contributed by atoms with Crippen molar-refractivity contribution in [1.29, 1.82) is 0 Å². The van der Waals surface area contributed by atoms with E-state index in [1.165, 1.54) is 6.07 Å². The normalized spacial score (nSPS) is 11.2. The van der Waals surface area contributed by atoms with E-state index in [2.05, 4.69) is 11.9 Å². The number of nitro groups is 1. The minimum absolute atomic E-state index is 0.0539. The summed E-state index contributed by atoms with van der Waals surface area (Å²) in [7, 11) is 0. The summed E-state index contributed by atoms with van der Waals surface area (Å²) in [5.74, 6) is 0. The number of nitrogens with zero attached hydrogens (tertiary/aromatic N) is 2. The lowest BCUT2D eigenvalue weighted by molar-refractivity contribution is -0.383. The molecule has 0 fully saturated rings. The molecule has 0 amide bonds. The molecule has 0 atom stereocenters. The van der Waals surface area contributed by atoms with Gasteiger partial charge in [-0.05, 0) is 18.6 Å². The summed E-state index contributed by atoms with van der Waals surface area (Å²) < 4.78 is 0. The summed E-state index contributed by atoms with van der Waals surface area (Å²) >= 11 is 0. The van der Waals surface area contributed by atoms with Gasteiger partial charge >= 0.3 is 0 Å². The van der Waals surface area contributed by atoms with Crippen molar-refractivity contribution in [2.24, 2.45) is 0 Å². The lowest BCUT2D eigenvalue weighted by Gasteiger charge is -2.00. The van der Waals surface area contributed by atoms with Crippen LogP contribution in [0.5, 0.6) is 0 Å².